The lowest BCUT2D eigenvalue weighted by atomic mass is 9.93. The van der Waals surface area contributed by atoms with Crippen LogP contribution in [0.3, 0.4) is 0 Å². The number of nitrogens with zero attached hydrogens (tertiary/aromatic N) is 2. The molecule has 0 bridgehead atoms. The maximum atomic E-state index is 12.3. The second-order valence-corrected chi connectivity index (χ2v) is 5.70. The number of likely N-dealkylation sites (tertiary alicyclic amines) is 1. The number of oxime groups is 1. The minimum absolute atomic E-state index is 0.0385. The molecule has 2 rings (SSSR count). The molecule has 19 heavy (non-hydrogen) atoms. The average molecular weight is 261 g/mol. The molecule has 1 aliphatic heterocycles. The predicted octanol–water partition coefficient (Wildman–Crippen LogP) is 1.65. The van der Waals surface area contributed by atoms with E-state index in [4.69, 9.17) is 10.9 Å². The molecule has 1 fully saturated rings. The van der Waals surface area contributed by atoms with E-state index in [-0.39, 0.29) is 17.2 Å². The van der Waals surface area contributed by atoms with E-state index in [0.717, 1.165) is 19.5 Å². The molecule has 1 saturated heterocycles. The highest BCUT2D eigenvalue weighted by atomic mass is 16.4. The standard InChI is InChI=1S/C14H19N3O2/c1-14(2)7-8-17(9-14)13(18)11-5-3-10(4-6-11)12(15)16-19/h3-6,19H,7-9H2,1-2H3,(H2,15,16). The first-order chi connectivity index (χ1) is 8.93. The van der Waals surface area contributed by atoms with Gasteiger partial charge in [0.25, 0.3) is 5.91 Å². The van der Waals surface area contributed by atoms with Crippen molar-refractivity contribution in [1.82, 2.24) is 4.90 Å². The highest BCUT2D eigenvalue weighted by Gasteiger charge is 2.32. The van der Waals surface area contributed by atoms with E-state index in [1.807, 2.05) is 4.90 Å². The summed E-state index contributed by atoms with van der Waals surface area (Å²) in [4.78, 5) is 14.2. The summed E-state index contributed by atoms with van der Waals surface area (Å²) in [6.45, 7) is 5.92. The van der Waals surface area contributed by atoms with Gasteiger partial charge in [-0.2, -0.15) is 0 Å². The average Bonchev–Trinajstić information content (AvgIpc) is 2.77. The van der Waals surface area contributed by atoms with Gasteiger partial charge in [0.1, 0.15) is 0 Å². The fourth-order valence-electron chi connectivity index (χ4n) is 2.31. The molecule has 0 saturated carbocycles. The highest BCUT2D eigenvalue weighted by Crippen LogP contribution is 2.29. The lowest BCUT2D eigenvalue weighted by Crippen LogP contribution is -2.30. The van der Waals surface area contributed by atoms with Crippen molar-refractivity contribution >= 4 is 11.7 Å². The fourth-order valence-corrected chi connectivity index (χ4v) is 2.31. The Morgan fingerprint density at radius 3 is 2.37 bits per heavy atom. The molecule has 0 atom stereocenters. The zero-order valence-electron chi connectivity index (χ0n) is 11.3. The SMILES string of the molecule is CC1(C)CCN(C(=O)c2ccc(C(N)=NO)cc2)C1. The summed E-state index contributed by atoms with van der Waals surface area (Å²) in [5.74, 6) is 0.0814. The van der Waals surface area contributed by atoms with Crippen molar-refractivity contribution in [2.75, 3.05) is 13.1 Å². The van der Waals surface area contributed by atoms with E-state index in [0.29, 0.717) is 11.1 Å². The zero-order chi connectivity index (χ0) is 14.0. The van der Waals surface area contributed by atoms with Crippen LogP contribution in [-0.2, 0) is 0 Å². The smallest absolute Gasteiger partial charge is 0.253 e. The quantitative estimate of drug-likeness (QED) is 0.368. The third-order valence-electron chi connectivity index (χ3n) is 3.50. The number of amidine groups is 1. The first kappa shape index (κ1) is 13.4. The minimum Gasteiger partial charge on any atom is -0.409 e. The summed E-state index contributed by atoms with van der Waals surface area (Å²) >= 11 is 0. The van der Waals surface area contributed by atoms with Crippen molar-refractivity contribution < 1.29 is 10.0 Å². The van der Waals surface area contributed by atoms with Crippen LogP contribution in [0.2, 0.25) is 0 Å². The fraction of sp³-hybridized carbons (Fsp3) is 0.429. The first-order valence-electron chi connectivity index (χ1n) is 6.30. The van der Waals surface area contributed by atoms with Crippen LogP contribution in [0.4, 0.5) is 0 Å². The maximum absolute atomic E-state index is 12.3. The molecule has 0 radical (unpaired) electrons. The van der Waals surface area contributed by atoms with Crippen LogP contribution < -0.4 is 5.73 Å². The maximum Gasteiger partial charge on any atom is 0.253 e. The van der Waals surface area contributed by atoms with Crippen molar-refractivity contribution in [2.45, 2.75) is 20.3 Å². The summed E-state index contributed by atoms with van der Waals surface area (Å²) < 4.78 is 0. The van der Waals surface area contributed by atoms with E-state index in [9.17, 15) is 4.79 Å². The molecule has 0 spiro atoms. The number of carbonyl (C=O) groups is 1. The summed E-state index contributed by atoms with van der Waals surface area (Å²) in [6.07, 6.45) is 1.03. The van der Waals surface area contributed by atoms with Gasteiger partial charge in [-0.05, 0) is 24.0 Å². The lowest BCUT2D eigenvalue weighted by molar-refractivity contribution is 0.0778. The number of carbonyl (C=O) groups excluding carboxylic acids is 1. The molecule has 102 valence electrons. The predicted molar refractivity (Wildman–Crippen MR) is 73.3 cm³/mol. The van der Waals surface area contributed by atoms with Gasteiger partial charge in [-0.25, -0.2) is 0 Å². The third-order valence-corrected chi connectivity index (χ3v) is 3.50. The van der Waals surface area contributed by atoms with Gasteiger partial charge in [-0.1, -0.05) is 31.1 Å². The Morgan fingerprint density at radius 2 is 1.89 bits per heavy atom. The molecule has 3 N–H and O–H groups in total. The van der Waals surface area contributed by atoms with E-state index < -0.39 is 0 Å². The van der Waals surface area contributed by atoms with Crippen molar-refractivity contribution in [1.29, 1.82) is 0 Å². The molecule has 0 aromatic heterocycles. The van der Waals surface area contributed by atoms with Crippen LogP contribution in [0.25, 0.3) is 0 Å². The topological polar surface area (TPSA) is 78.9 Å². The van der Waals surface area contributed by atoms with Crippen molar-refractivity contribution in [2.24, 2.45) is 16.3 Å². The lowest BCUT2D eigenvalue weighted by Gasteiger charge is -2.19. The number of hydrogen-bond acceptors (Lipinski definition) is 3. The largest absolute Gasteiger partial charge is 0.409 e. The van der Waals surface area contributed by atoms with Gasteiger partial charge in [0, 0.05) is 24.2 Å². The Balaban J connectivity index is 2.13. The second kappa shape index (κ2) is 4.91. The normalized spacial score (nSPS) is 18.6. The highest BCUT2D eigenvalue weighted by molar-refractivity contribution is 5.99. The van der Waals surface area contributed by atoms with Crippen LogP contribution >= 0.6 is 0 Å². The molecule has 1 aromatic rings. The molecule has 1 heterocycles. The zero-order valence-corrected chi connectivity index (χ0v) is 11.3. The molecule has 5 nitrogen and oxygen atoms in total. The van der Waals surface area contributed by atoms with E-state index in [2.05, 4.69) is 19.0 Å². The number of rotatable bonds is 2. The van der Waals surface area contributed by atoms with Gasteiger partial charge in [0.15, 0.2) is 5.84 Å². The first-order valence-corrected chi connectivity index (χ1v) is 6.30. The van der Waals surface area contributed by atoms with E-state index >= 15 is 0 Å². The number of benzene rings is 1. The molecule has 0 aliphatic carbocycles. The van der Waals surface area contributed by atoms with E-state index in [1.54, 1.807) is 24.3 Å². The van der Waals surface area contributed by atoms with Crippen LogP contribution in [0, 0.1) is 5.41 Å². The molecular formula is C14H19N3O2. The monoisotopic (exact) mass is 261 g/mol. The second-order valence-electron chi connectivity index (χ2n) is 5.70. The number of hydrogen-bond donors (Lipinski definition) is 2. The van der Waals surface area contributed by atoms with Crippen molar-refractivity contribution in [3.05, 3.63) is 35.4 Å². The molecule has 1 aromatic carbocycles. The van der Waals surface area contributed by atoms with Crippen LogP contribution in [0.5, 0.6) is 0 Å². The van der Waals surface area contributed by atoms with Gasteiger partial charge in [0.05, 0.1) is 0 Å². The summed E-state index contributed by atoms with van der Waals surface area (Å²) in [5, 5.41) is 11.5. The van der Waals surface area contributed by atoms with Gasteiger partial charge in [0.2, 0.25) is 0 Å². The van der Waals surface area contributed by atoms with Gasteiger partial charge in [-0.15, -0.1) is 0 Å². The van der Waals surface area contributed by atoms with Crippen LogP contribution in [0.1, 0.15) is 36.2 Å². The Labute approximate surface area is 112 Å². The number of nitrogens with two attached hydrogens (primary N) is 1. The van der Waals surface area contributed by atoms with Gasteiger partial charge >= 0.3 is 0 Å². The Kier molecular flexibility index (Phi) is 3.46. The minimum atomic E-state index is 0.0385. The van der Waals surface area contributed by atoms with Gasteiger partial charge < -0.3 is 15.8 Å². The van der Waals surface area contributed by atoms with Crippen molar-refractivity contribution in [3.8, 4) is 0 Å². The molecule has 1 aliphatic rings. The van der Waals surface area contributed by atoms with Crippen LogP contribution in [-0.4, -0.2) is 34.9 Å². The molecular weight excluding hydrogens is 242 g/mol. The summed E-state index contributed by atoms with van der Waals surface area (Å²) in [6, 6.07) is 6.79. The van der Waals surface area contributed by atoms with Gasteiger partial charge in [-0.3, -0.25) is 4.79 Å². The Bertz CT molecular complexity index is 506. The van der Waals surface area contributed by atoms with E-state index in [1.165, 1.54) is 0 Å². The molecule has 5 heteroatoms. The summed E-state index contributed by atoms with van der Waals surface area (Å²) in [5.41, 5.74) is 6.91. The van der Waals surface area contributed by atoms with Crippen molar-refractivity contribution in [3.63, 3.8) is 0 Å². The third kappa shape index (κ3) is 2.86. The Hall–Kier alpha value is -2.04. The van der Waals surface area contributed by atoms with Crippen LogP contribution in [0.15, 0.2) is 29.4 Å². The Morgan fingerprint density at radius 1 is 1.32 bits per heavy atom. The molecule has 0 unspecified atom stereocenters. The summed E-state index contributed by atoms with van der Waals surface area (Å²) in [7, 11) is 0. The number of amides is 1. The molecule has 1 amide bonds.